The SMILES string of the molecule is COC1CN(C(=O)CCC(=O)C(C)C)CCC#CC1C. The van der Waals surface area contributed by atoms with Crippen LogP contribution in [0.2, 0.25) is 0 Å². The number of hydrogen-bond donors (Lipinski definition) is 0. The topological polar surface area (TPSA) is 46.6 Å². The van der Waals surface area contributed by atoms with Crippen LogP contribution in [0.25, 0.3) is 0 Å². The summed E-state index contributed by atoms with van der Waals surface area (Å²) >= 11 is 0. The van der Waals surface area contributed by atoms with Crippen LogP contribution in [0.4, 0.5) is 0 Å². The van der Waals surface area contributed by atoms with Crippen LogP contribution in [0.3, 0.4) is 0 Å². The average molecular weight is 279 g/mol. The Balaban J connectivity index is 2.58. The van der Waals surface area contributed by atoms with Gasteiger partial charge in [-0.2, -0.15) is 0 Å². The molecular weight excluding hydrogens is 254 g/mol. The Morgan fingerprint density at radius 3 is 2.65 bits per heavy atom. The van der Waals surface area contributed by atoms with Gasteiger partial charge in [-0.3, -0.25) is 9.59 Å². The van der Waals surface area contributed by atoms with Crippen LogP contribution < -0.4 is 0 Å². The molecule has 1 aliphatic heterocycles. The van der Waals surface area contributed by atoms with Crippen molar-refractivity contribution in [1.29, 1.82) is 0 Å². The van der Waals surface area contributed by atoms with Crippen molar-refractivity contribution in [2.45, 2.75) is 46.1 Å². The Morgan fingerprint density at radius 1 is 1.35 bits per heavy atom. The van der Waals surface area contributed by atoms with E-state index in [1.165, 1.54) is 0 Å². The number of Topliss-reactive ketones (excluding diaryl/α,β-unsaturated/α-hetero) is 1. The molecular formula is C16H25NO3. The second kappa shape index (κ2) is 8.06. The zero-order valence-electron chi connectivity index (χ0n) is 12.9. The first kappa shape index (κ1) is 16.7. The fourth-order valence-corrected chi connectivity index (χ4v) is 2.17. The molecule has 0 bridgehead atoms. The maximum absolute atomic E-state index is 12.2. The minimum Gasteiger partial charge on any atom is -0.378 e. The number of amides is 1. The van der Waals surface area contributed by atoms with Gasteiger partial charge in [-0.1, -0.05) is 19.8 Å². The molecule has 2 unspecified atom stereocenters. The Kier molecular flexibility index (Phi) is 6.74. The highest BCUT2D eigenvalue weighted by Crippen LogP contribution is 2.13. The van der Waals surface area contributed by atoms with Gasteiger partial charge in [-0.15, -0.1) is 5.92 Å². The summed E-state index contributed by atoms with van der Waals surface area (Å²) in [5.41, 5.74) is 0. The van der Waals surface area contributed by atoms with E-state index in [2.05, 4.69) is 11.8 Å². The van der Waals surface area contributed by atoms with Gasteiger partial charge in [0.2, 0.25) is 5.91 Å². The summed E-state index contributed by atoms with van der Waals surface area (Å²) in [6.45, 7) is 6.91. The van der Waals surface area contributed by atoms with Crippen LogP contribution in [0.15, 0.2) is 0 Å². The summed E-state index contributed by atoms with van der Waals surface area (Å²) in [7, 11) is 1.65. The van der Waals surface area contributed by atoms with E-state index in [1.54, 1.807) is 12.0 Å². The normalized spacial score (nSPS) is 22.8. The minimum absolute atomic E-state index is 0.00672. The molecule has 0 aromatic rings. The van der Waals surface area contributed by atoms with Gasteiger partial charge in [0.25, 0.3) is 0 Å². The van der Waals surface area contributed by atoms with Crippen LogP contribution in [0.1, 0.15) is 40.0 Å². The van der Waals surface area contributed by atoms with E-state index in [9.17, 15) is 9.59 Å². The number of carbonyl (C=O) groups is 2. The first-order valence-corrected chi connectivity index (χ1v) is 7.27. The molecule has 2 atom stereocenters. The molecule has 1 rings (SSSR count). The summed E-state index contributed by atoms with van der Waals surface area (Å²) in [5, 5.41) is 0. The molecule has 0 fully saturated rings. The van der Waals surface area contributed by atoms with E-state index >= 15 is 0 Å². The van der Waals surface area contributed by atoms with Gasteiger partial charge in [0.15, 0.2) is 0 Å². The molecule has 1 aliphatic rings. The third-order valence-electron chi connectivity index (χ3n) is 3.68. The standard InChI is InChI=1S/C16H25NO3/c1-12(2)14(18)8-9-16(19)17-10-6-5-7-13(3)15(11-17)20-4/h12-13,15H,6,8-11H2,1-4H3. The lowest BCUT2D eigenvalue weighted by molar-refractivity contribution is -0.135. The molecule has 0 aliphatic carbocycles. The van der Waals surface area contributed by atoms with Gasteiger partial charge in [0.1, 0.15) is 5.78 Å². The third-order valence-corrected chi connectivity index (χ3v) is 3.68. The molecule has 0 saturated carbocycles. The highest BCUT2D eigenvalue weighted by atomic mass is 16.5. The lowest BCUT2D eigenvalue weighted by atomic mass is 10.0. The number of nitrogens with zero attached hydrogens (tertiary/aromatic N) is 1. The quantitative estimate of drug-likeness (QED) is 0.722. The molecule has 4 nitrogen and oxygen atoms in total. The third kappa shape index (κ3) is 4.97. The Bertz CT molecular complexity index is 406. The fourth-order valence-electron chi connectivity index (χ4n) is 2.17. The lowest BCUT2D eigenvalue weighted by Crippen LogP contribution is -2.42. The van der Waals surface area contributed by atoms with Crippen LogP contribution >= 0.6 is 0 Å². The molecule has 0 saturated heterocycles. The predicted molar refractivity (Wildman–Crippen MR) is 78.0 cm³/mol. The van der Waals surface area contributed by atoms with Gasteiger partial charge in [0, 0.05) is 51.3 Å². The smallest absolute Gasteiger partial charge is 0.223 e. The van der Waals surface area contributed by atoms with E-state index in [-0.39, 0.29) is 36.1 Å². The minimum atomic E-state index is -0.0625. The van der Waals surface area contributed by atoms with Crippen LogP contribution in [-0.4, -0.2) is 42.9 Å². The highest BCUT2D eigenvalue weighted by Gasteiger charge is 2.23. The number of methoxy groups -OCH3 is 1. The van der Waals surface area contributed by atoms with Gasteiger partial charge in [-0.25, -0.2) is 0 Å². The fraction of sp³-hybridized carbons (Fsp3) is 0.750. The Labute approximate surface area is 121 Å². The van der Waals surface area contributed by atoms with Crippen LogP contribution in [-0.2, 0) is 14.3 Å². The molecule has 1 heterocycles. The molecule has 4 heteroatoms. The Hall–Kier alpha value is -1.34. The highest BCUT2D eigenvalue weighted by molar-refractivity contribution is 5.86. The first-order chi connectivity index (χ1) is 9.45. The van der Waals surface area contributed by atoms with E-state index in [0.717, 1.165) is 0 Å². The lowest BCUT2D eigenvalue weighted by Gasteiger charge is -2.29. The van der Waals surface area contributed by atoms with Crippen LogP contribution in [0.5, 0.6) is 0 Å². The van der Waals surface area contributed by atoms with Crippen molar-refractivity contribution in [3.05, 3.63) is 0 Å². The van der Waals surface area contributed by atoms with Crippen molar-refractivity contribution in [2.24, 2.45) is 11.8 Å². The summed E-state index contributed by atoms with van der Waals surface area (Å²) in [6.07, 6.45) is 1.23. The maximum atomic E-state index is 12.2. The second-order valence-corrected chi connectivity index (χ2v) is 5.59. The molecule has 20 heavy (non-hydrogen) atoms. The summed E-state index contributed by atoms with van der Waals surface area (Å²) in [5.74, 6) is 6.50. The van der Waals surface area contributed by atoms with Crippen molar-refractivity contribution in [1.82, 2.24) is 4.90 Å². The molecule has 112 valence electrons. The van der Waals surface area contributed by atoms with Crippen LogP contribution in [0, 0.1) is 23.7 Å². The predicted octanol–water partition coefficient (Wildman–Crippen LogP) is 1.88. The number of carbonyl (C=O) groups excluding carboxylic acids is 2. The largest absolute Gasteiger partial charge is 0.378 e. The maximum Gasteiger partial charge on any atom is 0.223 e. The zero-order valence-corrected chi connectivity index (χ0v) is 12.9. The van der Waals surface area contributed by atoms with Gasteiger partial charge >= 0.3 is 0 Å². The van der Waals surface area contributed by atoms with E-state index in [1.807, 2.05) is 20.8 Å². The first-order valence-electron chi connectivity index (χ1n) is 7.27. The van der Waals surface area contributed by atoms with Crippen molar-refractivity contribution in [3.63, 3.8) is 0 Å². The summed E-state index contributed by atoms with van der Waals surface area (Å²) in [6, 6.07) is 0. The molecule has 0 spiro atoms. The number of rotatable bonds is 5. The number of ether oxygens (including phenoxy) is 1. The summed E-state index contributed by atoms with van der Waals surface area (Å²) in [4.78, 5) is 25.6. The number of hydrogen-bond acceptors (Lipinski definition) is 3. The van der Waals surface area contributed by atoms with Crippen molar-refractivity contribution in [3.8, 4) is 11.8 Å². The summed E-state index contributed by atoms with van der Waals surface area (Å²) < 4.78 is 5.42. The van der Waals surface area contributed by atoms with Gasteiger partial charge in [0.05, 0.1) is 6.10 Å². The van der Waals surface area contributed by atoms with E-state index in [0.29, 0.717) is 25.9 Å². The molecule has 0 N–H and O–H groups in total. The molecule has 0 aromatic heterocycles. The monoisotopic (exact) mass is 279 g/mol. The van der Waals surface area contributed by atoms with E-state index in [4.69, 9.17) is 4.74 Å². The van der Waals surface area contributed by atoms with Gasteiger partial charge < -0.3 is 9.64 Å². The number of ketones is 1. The van der Waals surface area contributed by atoms with Gasteiger partial charge in [-0.05, 0) is 6.92 Å². The zero-order chi connectivity index (χ0) is 15.1. The second-order valence-electron chi connectivity index (χ2n) is 5.59. The Morgan fingerprint density at radius 2 is 2.05 bits per heavy atom. The molecule has 1 amide bonds. The average Bonchev–Trinajstić information content (AvgIpc) is 2.40. The van der Waals surface area contributed by atoms with Crippen molar-refractivity contribution < 1.29 is 14.3 Å². The van der Waals surface area contributed by atoms with E-state index < -0.39 is 0 Å². The molecule has 0 aromatic carbocycles. The molecule has 0 radical (unpaired) electrons. The van der Waals surface area contributed by atoms with Crippen molar-refractivity contribution in [2.75, 3.05) is 20.2 Å². The van der Waals surface area contributed by atoms with Crippen molar-refractivity contribution >= 4 is 11.7 Å².